The van der Waals surface area contributed by atoms with Gasteiger partial charge < -0.3 is 15.2 Å². The number of H-pyrrole nitrogens is 1. The molecule has 0 aliphatic carbocycles. The van der Waals surface area contributed by atoms with E-state index in [-0.39, 0.29) is 5.91 Å². The number of likely N-dealkylation sites (tertiary alicyclic amines) is 1. The summed E-state index contributed by atoms with van der Waals surface area (Å²) in [5.41, 5.74) is 3.49. The number of piperidine rings is 1. The summed E-state index contributed by atoms with van der Waals surface area (Å²) in [7, 11) is 0. The number of fused-ring (bicyclic) bond motifs is 1. The maximum Gasteiger partial charge on any atom is 0.253 e. The second-order valence-electron chi connectivity index (χ2n) is 6.51. The van der Waals surface area contributed by atoms with Crippen molar-refractivity contribution in [2.75, 3.05) is 18.4 Å². The molecule has 1 aliphatic rings. The largest absolute Gasteiger partial charge is 0.367 e. The number of hydrogen-bond acceptors (Lipinski definition) is 4. The molecule has 0 saturated carbocycles. The predicted octanol–water partition coefficient (Wildman–Crippen LogP) is 2.98. The van der Waals surface area contributed by atoms with Crippen molar-refractivity contribution >= 4 is 22.8 Å². The van der Waals surface area contributed by atoms with Crippen molar-refractivity contribution in [1.29, 1.82) is 0 Å². The molecule has 6 nitrogen and oxygen atoms in total. The molecule has 1 aromatic carbocycles. The van der Waals surface area contributed by atoms with E-state index in [1.54, 1.807) is 6.33 Å². The zero-order valence-corrected chi connectivity index (χ0v) is 14.2. The summed E-state index contributed by atoms with van der Waals surface area (Å²) in [4.78, 5) is 26.4. The van der Waals surface area contributed by atoms with Gasteiger partial charge in [0, 0.05) is 30.4 Å². The van der Waals surface area contributed by atoms with Crippen LogP contribution in [0.1, 0.15) is 28.9 Å². The van der Waals surface area contributed by atoms with E-state index in [4.69, 9.17) is 0 Å². The van der Waals surface area contributed by atoms with Crippen molar-refractivity contribution in [1.82, 2.24) is 19.9 Å². The minimum atomic E-state index is 0.0867. The van der Waals surface area contributed by atoms with Crippen molar-refractivity contribution in [3.63, 3.8) is 0 Å². The van der Waals surface area contributed by atoms with Crippen molar-refractivity contribution in [3.05, 3.63) is 54.0 Å². The van der Waals surface area contributed by atoms with Gasteiger partial charge in [-0.1, -0.05) is 6.07 Å². The van der Waals surface area contributed by atoms with Crippen molar-refractivity contribution in [2.45, 2.75) is 25.8 Å². The molecule has 1 saturated heterocycles. The summed E-state index contributed by atoms with van der Waals surface area (Å²) in [6.45, 7) is 3.50. The minimum Gasteiger partial charge on any atom is -0.367 e. The Kier molecular flexibility index (Phi) is 4.09. The molecule has 1 fully saturated rings. The third-order valence-corrected chi connectivity index (χ3v) is 4.69. The van der Waals surface area contributed by atoms with E-state index < -0.39 is 0 Å². The van der Waals surface area contributed by atoms with Gasteiger partial charge in [0.25, 0.3) is 5.91 Å². The van der Waals surface area contributed by atoms with E-state index in [9.17, 15) is 4.79 Å². The van der Waals surface area contributed by atoms with Crippen LogP contribution in [0.4, 0.5) is 5.82 Å². The van der Waals surface area contributed by atoms with Crippen molar-refractivity contribution < 1.29 is 4.79 Å². The number of hydrogen-bond donors (Lipinski definition) is 2. The molecule has 0 spiro atoms. The smallest absolute Gasteiger partial charge is 0.253 e. The topological polar surface area (TPSA) is 73.9 Å². The first-order chi connectivity index (χ1) is 12.2. The number of carbonyl (C=O) groups excluding carboxylic acids is 1. The van der Waals surface area contributed by atoms with Crippen LogP contribution in [0.3, 0.4) is 0 Å². The van der Waals surface area contributed by atoms with Gasteiger partial charge in [-0.3, -0.25) is 4.79 Å². The van der Waals surface area contributed by atoms with E-state index in [2.05, 4.69) is 20.3 Å². The fraction of sp³-hybridized carbons (Fsp3) is 0.316. The van der Waals surface area contributed by atoms with E-state index in [1.807, 2.05) is 48.2 Å². The Hall–Kier alpha value is -2.89. The van der Waals surface area contributed by atoms with Gasteiger partial charge in [-0.05, 0) is 50.1 Å². The fourth-order valence-electron chi connectivity index (χ4n) is 3.31. The third-order valence-electron chi connectivity index (χ3n) is 4.69. The molecule has 3 heterocycles. The maximum absolute atomic E-state index is 12.7. The molecule has 1 aliphatic heterocycles. The highest BCUT2D eigenvalue weighted by molar-refractivity contribution is 5.97. The van der Waals surface area contributed by atoms with Gasteiger partial charge >= 0.3 is 0 Å². The van der Waals surface area contributed by atoms with Crippen LogP contribution < -0.4 is 5.32 Å². The van der Waals surface area contributed by atoms with Crippen LogP contribution in [0, 0.1) is 6.92 Å². The van der Waals surface area contributed by atoms with Gasteiger partial charge in [0.2, 0.25) is 0 Å². The number of aromatic amines is 1. The van der Waals surface area contributed by atoms with E-state index in [1.165, 1.54) is 0 Å². The summed E-state index contributed by atoms with van der Waals surface area (Å²) in [6, 6.07) is 12.0. The fourth-order valence-corrected chi connectivity index (χ4v) is 3.31. The molecular weight excluding hydrogens is 314 g/mol. The van der Waals surface area contributed by atoms with Crippen molar-refractivity contribution in [3.8, 4) is 0 Å². The average Bonchev–Trinajstić information content (AvgIpc) is 3.09. The zero-order chi connectivity index (χ0) is 17.2. The molecule has 0 radical (unpaired) electrons. The lowest BCUT2D eigenvalue weighted by Gasteiger charge is -2.32. The Balaban J connectivity index is 1.38. The molecule has 6 heteroatoms. The molecule has 0 bridgehead atoms. The molecule has 4 rings (SSSR count). The Morgan fingerprint density at radius 3 is 2.88 bits per heavy atom. The Morgan fingerprint density at radius 2 is 2.08 bits per heavy atom. The standard InChI is InChI=1S/C19H21N5O/c1-13-3-2-4-18(22-13)23-15-7-9-24(10-8-15)19(25)14-5-6-16-17(11-14)21-12-20-16/h2-6,11-12,15H,7-10H2,1H3,(H,20,21)(H,22,23). The number of benzene rings is 1. The number of imidazole rings is 1. The second-order valence-corrected chi connectivity index (χ2v) is 6.51. The molecule has 3 aromatic rings. The first kappa shape index (κ1) is 15.6. The van der Waals surface area contributed by atoms with Crippen LogP contribution in [-0.2, 0) is 0 Å². The number of aromatic nitrogens is 3. The normalized spacial score (nSPS) is 15.5. The number of nitrogens with zero attached hydrogens (tertiary/aromatic N) is 3. The van der Waals surface area contributed by atoms with Crippen LogP contribution in [0.25, 0.3) is 11.0 Å². The Bertz CT molecular complexity index is 895. The van der Waals surface area contributed by atoms with Crippen LogP contribution in [0.5, 0.6) is 0 Å². The zero-order valence-electron chi connectivity index (χ0n) is 14.2. The summed E-state index contributed by atoms with van der Waals surface area (Å²) in [5.74, 6) is 0.998. The Labute approximate surface area is 146 Å². The summed E-state index contributed by atoms with van der Waals surface area (Å²) >= 11 is 0. The molecule has 2 N–H and O–H groups in total. The summed E-state index contributed by atoms with van der Waals surface area (Å²) < 4.78 is 0. The van der Waals surface area contributed by atoms with Gasteiger partial charge in [-0.25, -0.2) is 9.97 Å². The number of carbonyl (C=O) groups is 1. The lowest BCUT2D eigenvalue weighted by atomic mass is 10.0. The van der Waals surface area contributed by atoms with Crippen LogP contribution in [0.2, 0.25) is 0 Å². The lowest BCUT2D eigenvalue weighted by Crippen LogP contribution is -2.42. The summed E-state index contributed by atoms with van der Waals surface area (Å²) in [6.07, 6.45) is 3.50. The van der Waals surface area contributed by atoms with Gasteiger partial charge in [-0.2, -0.15) is 0 Å². The van der Waals surface area contributed by atoms with Gasteiger partial charge in [0.05, 0.1) is 17.4 Å². The summed E-state index contributed by atoms with van der Waals surface area (Å²) in [5, 5.41) is 3.48. The first-order valence-corrected chi connectivity index (χ1v) is 8.62. The molecule has 128 valence electrons. The number of anilines is 1. The average molecular weight is 335 g/mol. The molecule has 1 amide bonds. The lowest BCUT2D eigenvalue weighted by molar-refractivity contribution is 0.0718. The molecule has 0 atom stereocenters. The number of nitrogens with one attached hydrogen (secondary N) is 2. The monoisotopic (exact) mass is 335 g/mol. The van der Waals surface area contributed by atoms with Crippen LogP contribution >= 0.6 is 0 Å². The van der Waals surface area contributed by atoms with E-state index >= 15 is 0 Å². The van der Waals surface area contributed by atoms with Gasteiger partial charge in [0.1, 0.15) is 5.82 Å². The number of rotatable bonds is 3. The SMILES string of the molecule is Cc1cccc(NC2CCN(C(=O)c3ccc4nc[nH]c4c3)CC2)n1. The minimum absolute atomic E-state index is 0.0867. The molecule has 25 heavy (non-hydrogen) atoms. The molecular formula is C19H21N5O. The molecule has 2 aromatic heterocycles. The Morgan fingerprint density at radius 1 is 1.24 bits per heavy atom. The highest BCUT2D eigenvalue weighted by atomic mass is 16.2. The van der Waals surface area contributed by atoms with Crippen molar-refractivity contribution in [2.24, 2.45) is 0 Å². The molecule has 0 unspecified atom stereocenters. The van der Waals surface area contributed by atoms with E-state index in [0.29, 0.717) is 11.6 Å². The van der Waals surface area contributed by atoms with E-state index in [0.717, 1.165) is 48.5 Å². The maximum atomic E-state index is 12.7. The number of amides is 1. The number of pyridine rings is 1. The highest BCUT2D eigenvalue weighted by Gasteiger charge is 2.24. The van der Waals surface area contributed by atoms with Gasteiger partial charge in [0.15, 0.2) is 0 Å². The van der Waals surface area contributed by atoms with Crippen LogP contribution in [-0.4, -0.2) is 44.9 Å². The highest BCUT2D eigenvalue weighted by Crippen LogP contribution is 2.19. The second kappa shape index (κ2) is 6.55. The predicted molar refractivity (Wildman–Crippen MR) is 97.6 cm³/mol. The van der Waals surface area contributed by atoms with Crippen LogP contribution in [0.15, 0.2) is 42.7 Å². The number of aryl methyl sites for hydroxylation is 1. The quantitative estimate of drug-likeness (QED) is 0.772. The van der Waals surface area contributed by atoms with Gasteiger partial charge in [-0.15, -0.1) is 0 Å². The first-order valence-electron chi connectivity index (χ1n) is 8.62. The third kappa shape index (κ3) is 3.33.